The Bertz CT molecular complexity index is 883. The number of hydrogen-bond donors (Lipinski definition) is 3. The van der Waals surface area contributed by atoms with Crippen molar-refractivity contribution >= 4 is 39.4 Å². The summed E-state index contributed by atoms with van der Waals surface area (Å²) in [5.41, 5.74) is 1.54. The van der Waals surface area contributed by atoms with Crippen LogP contribution < -0.4 is 14.8 Å². The van der Waals surface area contributed by atoms with Crippen molar-refractivity contribution < 1.29 is 8.42 Å². The number of hydrogen-bond acceptors (Lipinski definition) is 7. The Morgan fingerprint density at radius 1 is 1.19 bits per heavy atom. The first kappa shape index (κ1) is 19.9. The molecule has 1 saturated carbocycles. The molecule has 3 rings (SSSR count). The third-order valence-corrected chi connectivity index (χ3v) is 6.40. The second-order valence-electron chi connectivity index (χ2n) is 6.64. The zero-order valence-corrected chi connectivity index (χ0v) is 17.2. The van der Waals surface area contributed by atoms with Crippen LogP contribution in [0.15, 0.2) is 35.4 Å². The van der Waals surface area contributed by atoms with Crippen molar-refractivity contribution in [2.75, 3.05) is 16.3 Å². The van der Waals surface area contributed by atoms with E-state index in [9.17, 15) is 8.42 Å². The van der Waals surface area contributed by atoms with Crippen LogP contribution in [0, 0.1) is 6.92 Å². The fraction of sp³-hybridized carbons (Fsp3) is 0.444. The number of benzene rings is 1. The molecule has 3 N–H and O–H groups in total. The van der Waals surface area contributed by atoms with E-state index in [0.29, 0.717) is 17.5 Å². The van der Waals surface area contributed by atoms with Gasteiger partial charge in [0.2, 0.25) is 16.0 Å². The molecule has 0 aliphatic heterocycles. The van der Waals surface area contributed by atoms with E-state index in [-0.39, 0.29) is 10.9 Å². The zero-order chi connectivity index (χ0) is 19.3. The summed E-state index contributed by atoms with van der Waals surface area (Å²) in [5.74, 6) is 1.13. The highest BCUT2D eigenvalue weighted by atomic mass is 32.2. The lowest BCUT2D eigenvalue weighted by Crippen LogP contribution is -2.36. The molecule has 0 amide bonds. The van der Waals surface area contributed by atoms with E-state index in [1.165, 1.54) is 18.4 Å². The minimum atomic E-state index is -3.54. The maximum atomic E-state index is 12.7. The predicted octanol–water partition coefficient (Wildman–Crippen LogP) is 3.83. The summed E-state index contributed by atoms with van der Waals surface area (Å²) in [6, 6.07) is 6.83. The standard InChI is InChI=1S/C18H25N5O2S2/c1-13-12-19-18(22-26-2)21-17(13)20-15-9-6-10-16(11-15)27(24,25)23-14-7-4-3-5-8-14/h6,9-12,14,23H,3-5,7-8H2,1-2H3,(H2,19,20,21,22). The minimum Gasteiger partial charge on any atom is -0.340 e. The number of nitrogens with one attached hydrogen (secondary N) is 3. The Labute approximate surface area is 165 Å². The summed E-state index contributed by atoms with van der Waals surface area (Å²) in [5, 5.41) is 3.19. The lowest BCUT2D eigenvalue weighted by molar-refractivity contribution is 0.412. The lowest BCUT2D eigenvalue weighted by atomic mass is 9.96. The molecule has 0 radical (unpaired) electrons. The van der Waals surface area contributed by atoms with Crippen LogP contribution in [0.3, 0.4) is 0 Å². The molecule has 0 spiro atoms. The summed E-state index contributed by atoms with van der Waals surface area (Å²) >= 11 is 1.41. The van der Waals surface area contributed by atoms with Crippen molar-refractivity contribution in [2.24, 2.45) is 0 Å². The quantitative estimate of drug-likeness (QED) is 0.600. The van der Waals surface area contributed by atoms with Crippen LogP contribution in [0.4, 0.5) is 17.5 Å². The zero-order valence-electron chi connectivity index (χ0n) is 15.5. The Hall–Kier alpha value is -1.84. The number of aryl methyl sites for hydroxylation is 1. The first-order valence-electron chi connectivity index (χ1n) is 9.00. The van der Waals surface area contributed by atoms with Crippen LogP contribution in [0.1, 0.15) is 37.7 Å². The normalized spacial score (nSPS) is 15.5. The molecule has 1 aliphatic rings. The summed E-state index contributed by atoms with van der Waals surface area (Å²) < 4.78 is 31.3. The number of aromatic nitrogens is 2. The molecule has 1 heterocycles. The molecule has 1 aliphatic carbocycles. The molecule has 1 aromatic carbocycles. The number of anilines is 3. The minimum absolute atomic E-state index is 0.0321. The van der Waals surface area contributed by atoms with Crippen molar-refractivity contribution in [1.29, 1.82) is 0 Å². The fourth-order valence-electron chi connectivity index (χ4n) is 3.09. The van der Waals surface area contributed by atoms with E-state index < -0.39 is 10.0 Å². The van der Waals surface area contributed by atoms with Crippen molar-refractivity contribution in [3.05, 3.63) is 36.0 Å². The highest BCUT2D eigenvalue weighted by Gasteiger charge is 2.22. The highest BCUT2D eigenvalue weighted by Crippen LogP contribution is 2.24. The van der Waals surface area contributed by atoms with Gasteiger partial charge >= 0.3 is 0 Å². The van der Waals surface area contributed by atoms with Crippen molar-refractivity contribution in [3.63, 3.8) is 0 Å². The van der Waals surface area contributed by atoms with E-state index in [1.54, 1.807) is 24.4 Å². The maximum Gasteiger partial charge on any atom is 0.240 e. The van der Waals surface area contributed by atoms with Crippen LogP contribution in [0.5, 0.6) is 0 Å². The first-order chi connectivity index (χ1) is 13.0. The van der Waals surface area contributed by atoms with Gasteiger partial charge in [-0.15, -0.1) is 0 Å². The van der Waals surface area contributed by atoms with Crippen LogP contribution >= 0.6 is 11.9 Å². The summed E-state index contributed by atoms with van der Waals surface area (Å²) in [6.45, 7) is 1.90. The molecule has 146 valence electrons. The number of rotatable bonds is 7. The van der Waals surface area contributed by atoms with E-state index in [1.807, 2.05) is 19.2 Å². The Morgan fingerprint density at radius 3 is 2.70 bits per heavy atom. The third kappa shape index (κ3) is 5.33. The molecule has 2 aromatic rings. The maximum absolute atomic E-state index is 12.7. The molecule has 27 heavy (non-hydrogen) atoms. The van der Waals surface area contributed by atoms with Gasteiger partial charge in [-0.25, -0.2) is 18.1 Å². The van der Waals surface area contributed by atoms with Crippen LogP contribution in [0.2, 0.25) is 0 Å². The molecule has 0 saturated heterocycles. The van der Waals surface area contributed by atoms with Gasteiger partial charge in [0.15, 0.2) is 0 Å². The average Bonchev–Trinajstić information content (AvgIpc) is 2.65. The van der Waals surface area contributed by atoms with Crippen LogP contribution in [-0.4, -0.2) is 30.7 Å². The first-order valence-corrected chi connectivity index (χ1v) is 11.7. The predicted molar refractivity (Wildman–Crippen MR) is 111 cm³/mol. The average molecular weight is 408 g/mol. The second kappa shape index (κ2) is 8.90. The summed E-state index contributed by atoms with van der Waals surface area (Å²) in [4.78, 5) is 8.88. The van der Waals surface area contributed by atoms with Gasteiger partial charge in [-0.2, -0.15) is 4.98 Å². The van der Waals surface area contributed by atoms with Gasteiger partial charge in [0.1, 0.15) is 5.82 Å². The van der Waals surface area contributed by atoms with E-state index in [2.05, 4.69) is 24.7 Å². The molecule has 1 fully saturated rings. The Balaban J connectivity index is 1.78. The molecule has 9 heteroatoms. The van der Waals surface area contributed by atoms with E-state index in [0.717, 1.165) is 31.2 Å². The van der Waals surface area contributed by atoms with Crippen LogP contribution in [-0.2, 0) is 10.0 Å². The van der Waals surface area contributed by atoms with Crippen molar-refractivity contribution in [2.45, 2.75) is 50.0 Å². The lowest BCUT2D eigenvalue weighted by Gasteiger charge is -2.22. The van der Waals surface area contributed by atoms with Gasteiger partial charge in [0.25, 0.3) is 0 Å². The summed E-state index contributed by atoms with van der Waals surface area (Å²) in [6.07, 6.45) is 8.76. The smallest absolute Gasteiger partial charge is 0.240 e. The van der Waals surface area contributed by atoms with Gasteiger partial charge in [-0.05, 0) is 38.0 Å². The topological polar surface area (TPSA) is 96.0 Å². The van der Waals surface area contributed by atoms with Crippen LogP contribution in [0.25, 0.3) is 0 Å². The molecule has 0 bridgehead atoms. The highest BCUT2D eigenvalue weighted by molar-refractivity contribution is 7.99. The third-order valence-electron chi connectivity index (χ3n) is 4.50. The molecule has 7 nitrogen and oxygen atoms in total. The van der Waals surface area contributed by atoms with E-state index >= 15 is 0 Å². The fourth-order valence-corrected chi connectivity index (χ4v) is 4.73. The van der Waals surface area contributed by atoms with Gasteiger partial charge < -0.3 is 5.32 Å². The second-order valence-corrected chi connectivity index (χ2v) is 8.97. The molecule has 0 atom stereocenters. The molecular weight excluding hydrogens is 382 g/mol. The van der Waals surface area contributed by atoms with Crippen molar-refractivity contribution in [1.82, 2.24) is 14.7 Å². The SMILES string of the molecule is CSNc1ncc(C)c(Nc2cccc(S(=O)(=O)NC3CCCCC3)c2)n1. The van der Waals surface area contributed by atoms with Crippen molar-refractivity contribution in [3.8, 4) is 0 Å². The molecule has 1 aromatic heterocycles. The Kier molecular flexibility index (Phi) is 6.56. The van der Waals surface area contributed by atoms with Gasteiger partial charge in [-0.3, -0.25) is 4.72 Å². The van der Waals surface area contributed by atoms with Gasteiger partial charge in [0, 0.05) is 29.7 Å². The summed E-state index contributed by atoms with van der Waals surface area (Å²) in [7, 11) is -3.54. The molecular formula is C18H25N5O2S2. The monoisotopic (exact) mass is 407 g/mol. The molecule has 0 unspecified atom stereocenters. The Morgan fingerprint density at radius 2 is 1.96 bits per heavy atom. The number of sulfonamides is 1. The van der Waals surface area contributed by atoms with Gasteiger partial charge in [0.05, 0.1) is 4.90 Å². The largest absolute Gasteiger partial charge is 0.340 e. The number of nitrogens with zero attached hydrogens (tertiary/aromatic N) is 2. The van der Waals surface area contributed by atoms with Gasteiger partial charge in [-0.1, -0.05) is 37.3 Å². The van der Waals surface area contributed by atoms with E-state index in [4.69, 9.17) is 0 Å².